The maximum atomic E-state index is 10.8. The van der Waals surface area contributed by atoms with Crippen LogP contribution in [0.5, 0.6) is 0 Å². The molecule has 3 nitrogen and oxygen atoms in total. The van der Waals surface area contributed by atoms with Crippen molar-refractivity contribution in [3.8, 4) is 0 Å². The predicted molar refractivity (Wildman–Crippen MR) is 81.6 cm³/mol. The molecule has 108 valence electrons. The smallest absolute Gasteiger partial charge is 0.282 e. The number of hydrogen-bond donors (Lipinski definition) is 1. The summed E-state index contributed by atoms with van der Waals surface area (Å²) in [5, 5.41) is 0. The van der Waals surface area contributed by atoms with E-state index in [-0.39, 0.29) is 4.90 Å². The Kier molecular flexibility index (Phi) is 5.48. The van der Waals surface area contributed by atoms with Crippen LogP contribution >= 0.6 is 0 Å². The maximum absolute atomic E-state index is 10.8. The van der Waals surface area contributed by atoms with Crippen molar-refractivity contribution in [2.75, 3.05) is 0 Å². The fraction of sp³-hybridized carbons (Fsp3) is 0.250. The minimum absolute atomic E-state index is 0.0116. The van der Waals surface area contributed by atoms with Gasteiger partial charge in [-0.05, 0) is 56.0 Å². The summed E-state index contributed by atoms with van der Waals surface area (Å²) >= 11 is 0. The van der Waals surface area contributed by atoms with Gasteiger partial charge in [-0.25, -0.2) is 0 Å². The van der Waals surface area contributed by atoms with Crippen molar-refractivity contribution in [2.24, 2.45) is 0 Å². The van der Waals surface area contributed by atoms with E-state index < -0.39 is 10.1 Å². The molecule has 0 fully saturated rings. The van der Waals surface area contributed by atoms with Gasteiger partial charge in [0, 0.05) is 0 Å². The van der Waals surface area contributed by atoms with Crippen molar-refractivity contribution in [1.82, 2.24) is 0 Å². The van der Waals surface area contributed by atoms with Crippen LogP contribution in [0.1, 0.15) is 22.3 Å². The standard InChI is InChI=1S/C8H10O3S.C8H10/c1-6-4-3-5-8(7(6)2)12(9,10)11;1-7-5-3-4-6-8(7)2/h3-5H,1-2H3,(H,9,10,11);3-6H,1-2H3. The Morgan fingerprint density at radius 1 is 0.750 bits per heavy atom. The first kappa shape index (κ1) is 16.4. The van der Waals surface area contributed by atoms with Crippen LogP contribution in [0.25, 0.3) is 0 Å². The second kappa shape index (κ2) is 6.68. The van der Waals surface area contributed by atoms with Gasteiger partial charge in [-0.1, -0.05) is 36.4 Å². The van der Waals surface area contributed by atoms with E-state index in [4.69, 9.17) is 4.55 Å². The van der Waals surface area contributed by atoms with Crippen LogP contribution in [0, 0.1) is 27.7 Å². The molecule has 0 saturated carbocycles. The third-order valence-corrected chi connectivity index (χ3v) is 4.26. The highest BCUT2D eigenvalue weighted by atomic mass is 32.2. The largest absolute Gasteiger partial charge is 0.294 e. The van der Waals surface area contributed by atoms with Crippen molar-refractivity contribution in [1.29, 1.82) is 0 Å². The average molecular weight is 292 g/mol. The molecule has 20 heavy (non-hydrogen) atoms. The van der Waals surface area contributed by atoms with E-state index >= 15 is 0 Å². The van der Waals surface area contributed by atoms with Crippen LogP contribution in [-0.2, 0) is 10.1 Å². The first-order valence-corrected chi connectivity index (χ1v) is 7.73. The van der Waals surface area contributed by atoms with Crippen molar-refractivity contribution in [3.63, 3.8) is 0 Å². The van der Waals surface area contributed by atoms with Gasteiger partial charge in [-0.2, -0.15) is 8.42 Å². The van der Waals surface area contributed by atoms with Gasteiger partial charge in [0.05, 0.1) is 4.90 Å². The summed E-state index contributed by atoms with van der Waals surface area (Å²) in [6, 6.07) is 13.1. The Morgan fingerprint density at radius 3 is 1.55 bits per heavy atom. The lowest BCUT2D eigenvalue weighted by Gasteiger charge is -2.03. The van der Waals surface area contributed by atoms with Gasteiger partial charge in [-0.3, -0.25) is 4.55 Å². The van der Waals surface area contributed by atoms with Crippen molar-refractivity contribution in [3.05, 3.63) is 64.7 Å². The fourth-order valence-electron chi connectivity index (χ4n) is 1.67. The van der Waals surface area contributed by atoms with E-state index in [9.17, 15) is 8.42 Å². The van der Waals surface area contributed by atoms with E-state index in [0.29, 0.717) is 5.56 Å². The van der Waals surface area contributed by atoms with E-state index in [0.717, 1.165) is 5.56 Å². The lowest BCUT2D eigenvalue weighted by molar-refractivity contribution is 0.482. The summed E-state index contributed by atoms with van der Waals surface area (Å²) in [5.41, 5.74) is 4.19. The summed E-state index contributed by atoms with van der Waals surface area (Å²) in [6.45, 7) is 7.70. The number of aryl methyl sites for hydroxylation is 3. The first-order chi connectivity index (χ1) is 9.23. The summed E-state index contributed by atoms with van der Waals surface area (Å²) in [5.74, 6) is 0. The third kappa shape index (κ3) is 4.47. The number of benzene rings is 2. The lowest BCUT2D eigenvalue weighted by Crippen LogP contribution is -2.01. The highest BCUT2D eigenvalue weighted by Crippen LogP contribution is 2.17. The predicted octanol–water partition coefficient (Wildman–Crippen LogP) is 3.85. The molecule has 0 aliphatic heterocycles. The minimum atomic E-state index is -4.06. The average Bonchev–Trinajstić information content (AvgIpc) is 2.36. The summed E-state index contributed by atoms with van der Waals surface area (Å²) in [6.07, 6.45) is 0. The number of rotatable bonds is 1. The quantitative estimate of drug-likeness (QED) is 0.812. The molecule has 0 aromatic heterocycles. The van der Waals surface area contributed by atoms with Crippen LogP contribution in [0.4, 0.5) is 0 Å². The molecule has 0 aliphatic carbocycles. The first-order valence-electron chi connectivity index (χ1n) is 6.29. The number of hydrogen-bond acceptors (Lipinski definition) is 2. The van der Waals surface area contributed by atoms with Crippen molar-refractivity contribution < 1.29 is 13.0 Å². The maximum Gasteiger partial charge on any atom is 0.294 e. The van der Waals surface area contributed by atoms with Crippen molar-refractivity contribution in [2.45, 2.75) is 32.6 Å². The molecule has 2 rings (SSSR count). The van der Waals surface area contributed by atoms with Gasteiger partial charge in [-0.15, -0.1) is 0 Å². The lowest BCUT2D eigenvalue weighted by atomic mass is 10.1. The summed E-state index contributed by atoms with van der Waals surface area (Å²) in [4.78, 5) is -0.0116. The molecule has 0 unspecified atom stereocenters. The van der Waals surface area contributed by atoms with Crippen LogP contribution in [0.15, 0.2) is 47.4 Å². The SMILES string of the molecule is Cc1cccc(S(=O)(=O)O)c1C.Cc1ccccc1C. The molecular weight excluding hydrogens is 272 g/mol. The highest BCUT2D eigenvalue weighted by molar-refractivity contribution is 7.85. The molecule has 0 bridgehead atoms. The van der Waals surface area contributed by atoms with Crippen LogP contribution < -0.4 is 0 Å². The van der Waals surface area contributed by atoms with E-state index in [1.54, 1.807) is 26.0 Å². The monoisotopic (exact) mass is 292 g/mol. The second-order valence-corrected chi connectivity index (χ2v) is 6.15. The Labute approximate surface area is 121 Å². The van der Waals surface area contributed by atoms with Gasteiger partial charge < -0.3 is 0 Å². The Morgan fingerprint density at radius 2 is 1.20 bits per heavy atom. The normalized spacial score (nSPS) is 10.7. The Bertz CT molecular complexity index is 668. The molecule has 0 amide bonds. The second-order valence-electron chi connectivity index (χ2n) is 4.76. The topological polar surface area (TPSA) is 54.4 Å². The zero-order valence-electron chi connectivity index (χ0n) is 12.2. The van der Waals surface area contributed by atoms with Gasteiger partial charge in [0.1, 0.15) is 0 Å². The van der Waals surface area contributed by atoms with Crippen molar-refractivity contribution >= 4 is 10.1 Å². The molecular formula is C16H20O3S. The zero-order valence-corrected chi connectivity index (χ0v) is 13.0. The molecule has 0 aliphatic rings. The Balaban J connectivity index is 0.000000217. The molecule has 1 N–H and O–H groups in total. The molecule has 0 radical (unpaired) electrons. The van der Waals surface area contributed by atoms with Crippen LogP contribution in [0.2, 0.25) is 0 Å². The third-order valence-electron chi connectivity index (χ3n) is 3.26. The molecule has 2 aromatic carbocycles. The van der Waals surface area contributed by atoms with Gasteiger partial charge in [0.25, 0.3) is 10.1 Å². The van der Waals surface area contributed by atoms with Gasteiger partial charge in [0.2, 0.25) is 0 Å². The van der Waals surface area contributed by atoms with E-state index in [1.165, 1.54) is 17.2 Å². The zero-order chi connectivity index (χ0) is 15.3. The summed E-state index contributed by atoms with van der Waals surface area (Å²) < 4.78 is 30.3. The van der Waals surface area contributed by atoms with E-state index in [2.05, 4.69) is 38.1 Å². The van der Waals surface area contributed by atoms with Crippen LogP contribution in [-0.4, -0.2) is 13.0 Å². The molecule has 0 atom stereocenters. The Hall–Kier alpha value is -1.65. The molecule has 4 heteroatoms. The molecule has 0 spiro atoms. The molecule has 0 saturated heterocycles. The molecule has 0 heterocycles. The van der Waals surface area contributed by atoms with Gasteiger partial charge >= 0.3 is 0 Å². The summed E-state index contributed by atoms with van der Waals surface area (Å²) in [7, 11) is -4.06. The van der Waals surface area contributed by atoms with E-state index in [1.807, 2.05) is 0 Å². The van der Waals surface area contributed by atoms with Gasteiger partial charge in [0.15, 0.2) is 0 Å². The minimum Gasteiger partial charge on any atom is -0.282 e. The van der Waals surface area contributed by atoms with Crippen LogP contribution in [0.3, 0.4) is 0 Å². The fourth-order valence-corrected chi connectivity index (χ4v) is 2.46. The molecule has 2 aromatic rings. The highest BCUT2D eigenvalue weighted by Gasteiger charge is 2.12.